The lowest BCUT2D eigenvalue weighted by molar-refractivity contribution is -0.384. The van der Waals surface area contributed by atoms with Crippen LogP contribution in [0.4, 0.5) is 5.69 Å². The number of ketones is 1. The fraction of sp³-hybridized carbons (Fsp3) is 0.333. The van der Waals surface area contributed by atoms with Crippen molar-refractivity contribution < 1.29 is 24.1 Å². The van der Waals surface area contributed by atoms with Gasteiger partial charge in [-0.1, -0.05) is 18.5 Å². The molecule has 4 rings (SSSR count). The van der Waals surface area contributed by atoms with Crippen LogP contribution in [-0.2, 0) is 9.59 Å². The summed E-state index contributed by atoms with van der Waals surface area (Å²) < 4.78 is 0. The van der Waals surface area contributed by atoms with E-state index in [1.165, 1.54) is 48.5 Å². The number of carbonyl (C=O) groups is 4. The zero-order valence-electron chi connectivity index (χ0n) is 18.3. The molecule has 2 aromatic rings. The standard InChI is InChI=1S/C24H22ClN3O6/c1-14-2-11-19-20(12-14)24(32)27(23(19)31)26(22(30)16-3-7-17(25)8-4-16)13-21(29)15-5-9-18(10-6-15)28(33)34/h3-10,14,19-20H,2,11-13H2,1H3/t14-,19+,20+/m1/s1. The Morgan fingerprint density at radius 1 is 1.00 bits per heavy atom. The minimum atomic E-state index is -0.694. The molecular formula is C24H22ClN3O6. The number of hydrazine groups is 1. The van der Waals surface area contributed by atoms with Gasteiger partial charge in [0.2, 0.25) is 0 Å². The second kappa shape index (κ2) is 9.34. The van der Waals surface area contributed by atoms with Crippen molar-refractivity contribution in [3.05, 3.63) is 74.8 Å². The van der Waals surface area contributed by atoms with Crippen molar-refractivity contribution in [2.24, 2.45) is 17.8 Å². The molecule has 1 aliphatic carbocycles. The Kier molecular flexibility index (Phi) is 6.47. The van der Waals surface area contributed by atoms with E-state index in [0.717, 1.165) is 16.4 Å². The molecule has 0 N–H and O–H groups in total. The highest BCUT2D eigenvalue weighted by Gasteiger charge is 2.52. The average Bonchev–Trinajstić information content (AvgIpc) is 3.06. The minimum Gasteiger partial charge on any atom is -0.292 e. The zero-order valence-corrected chi connectivity index (χ0v) is 19.1. The summed E-state index contributed by atoms with van der Waals surface area (Å²) in [7, 11) is 0. The van der Waals surface area contributed by atoms with Crippen molar-refractivity contribution >= 4 is 40.8 Å². The Labute approximate surface area is 200 Å². The fourth-order valence-electron chi connectivity index (χ4n) is 4.58. The van der Waals surface area contributed by atoms with E-state index in [0.29, 0.717) is 17.9 Å². The highest BCUT2D eigenvalue weighted by atomic mass is 35.5. The van der Waals surface area contributed by atoms with Crippen LogP contribution in [0.25, 0.3) is 0 Å². The number of imide groups is 1. The number of carbonyl (C=O) groups excluding carboxylic acids is 4. The third-order valence-corrected chi connectivity index (χ3v) is 6.68. The second-order valence-electron chi connectivity index (χ2n) is 8.72. The number of hydrogen-bond donors (Lipinski definition) is 0. The van der Waals surface area contributed by atoms with Gasteiger partial charge in [0, 0.05) is 28.3 Å². The molecular weight excluding hydrogens is 462 g/mol. The summed E-state index contributed by atoms with van der Waals surface area (Å²) in [4.78, 5) is 63.2. The molecule has 2 aliphatic rings. The van der Waals surface area contributed by atoms with E-state index in [9.17, 15) is 29.3 Å². The largest absolute Gasteiger partial charge is 0.292 e. The minimum absolute atomic E-state index is 0.115. The zero-order chi connectivity index (χ0) is 24.6. The molecule has 0 unspecified atom stereocenters. The van der Waals surface area contributed by atoms with Crippen molar-refractivity contribution in [3.63, 3.8) is 0 Å². The number of nitro groups is 1. The molecule has 9 nitrogen and oxygen atoms in total. The van der Waals surface area contributed by atoms with Crippen LogP contribution in [0, 0.1) is 27.9 Å². The number of hydrogen-bond acceptors (Lipinski definition) is 6. The van der Waals surface area contributed by atoms with Gasteiger partial charge in [0.05, 0.1) is 16.8 Å². The van der Waals surface area contributed by atoms with Crippen molar-refractivity contribution in [3.8, 4) is 0 Å². The van der Waals surface area contributed by atoms with Gasteiger partial charge in [-0.15, -0.1) is 0 Å². The van der Waals surface area contributed by atoms with E-state index in [1.54, 1.807) is 0 Å². The number of benzene rings is 2. The van der Waals surface area contributed by atoms with Gasteiger partial charge in [-0.05, 0) is 61.6 Å². The van der Waals surface area contributed by atoms with E-state index >= 15 is 0 Å². The third kappa shape index (κ3) is 4.43. The Hall–Kier alpha value is -3.59. The Morgan fingerprint density at radius 3 is 2.21 bits per heavy atom. The maximum Gasteiger partial charge on any atom is 0.273 e. The van der Waals surface area contributed by atoms with Crippen LogP contribution in [0.2, 0.25) is 5.02 Å². The first-order valence-electron chi connectivity index (χ1n) is 10.9. The van der Waals surface area contributed by atoms with Gasteiger partial charge in [-0.2, -0.15) is 5.01 Å². The van der Waals surface area contributed by atoms with E-state index < -0.39 is 46.8 Å². The van der Waals surface area contributed by atoms with E-state index in [4.69, 9.17) is 11.6 Å². The number of halogens is 1. The van der Waals surface area contributed by atoms with Crippen molar-refractivity contribution in [2.75, 3.05) is 6.54 Å². The molecule has 176 valence electrons. The van der Waals surface area contributed by atoms with Crippen LogP contribution in [0.15, 0.2) is 48.5 Å². The molecule has 1 saturated heterocycles. The quantitative estimate of drug-likeness (QED) is 0.266. The number of nitrogens with zero attached hydrogens (tertiary/aromatic N) is 3. The van der Waals surface area contributed by atoms with E-state index in [1.807, 2.05) is 6.92 Å². The van der Waals surface area contributed by atoms with Crippen LogP contribution < -0.4 is 0 Å². The first-order chi connectivity index (χ1) is 16.2. The molecule has 10 heteroatoms. The number of Topliss-reactive ketones (excluding diaryl/α,β-unsaturated/α-hetero) is 1. The van der Waals surface area contributed by atoms with Crippen LogP contribution in [0.1, 0.15) is 46.9 Å². The topological polar surface area (TPSA) is 118 Å². The molecule has 0 aromatic heterocycles. The molecule has 0 bridgehead atoms. The molecule has 2 aromatic carbocycles. The number of nitro benzene ring substituents is 1. The average molecular weight is 484 g/mol. The summed E-state index contributed by atoms with van der Waals surface area (Å²) >= 11 is 5.92. The number of fused-ring (bicyclic) bond motifs is 1. The van der Waals surface area contributed by atoms with Crippen molar-refractivity contribution in [1.82, 2.24) is 10.0 Å². The van der Waals surface area contributed by atoms with Crippen LogP contribution >= 0.6 is 11.6 Å². The van der Waals surface area contributed by atoms with Gasteiger partial charge in [-0.3, -0.25) is 29.3 Å². The number of rotatable bonds is 6. The number of amides is 3. The lowest BCUT2D eigenvalue weighted by Crippen LogP contribution is -2.52. The van der Waals surface area contributed by atoms with Gasteiger partial charge in [0.25, 0.3) is 23.4 Å². The van der Waals surface area contributed by atoms with Crippen LogP contribution in [0.3, 0.4) is 0 Å². The lowest BCUT2D eigenvalue weighted by atomic mass is 9.76. The normalized spacial score (nSPS) is 21.8. The molecule has 34 heavy (non-hydrogen) atoms. The van der Waals surface area contributed by atoms with Gasteiger partial charge >= 0.3 is 0 Å². The Morgan fingerprint density at radius 2 is 1.59 bits per heavy atom. The SMILES string of the molecule is C[C@@H]1CC[C@@H]2C(=O)N(N(CC(=O)c3ccc([N+](=O)[O-])cc3)C(=O)c3ccc(Cl)cc3)C(=O)[C@H]2C1. The summed E-state index contributed by atoms with van der Waals surface area (Å²) in [6.07, 6.45) is 1.90. The molecule has 1 saturated carbocycles. The highest BCUT2D eigenvalue weighted by molar-refractivity contribution is 6.30. The number of non-ortho nitro benzene ring substituents is 1. The summed E-state index contributed by atoms with van der Waals surface area (Å²) in [6, 6.07) is 10.8. The van der Waals surface area contributed by atoms with Crippen molar-refractivity contribution in [1.29, 1.82) is 0 Å². The van der Waals surface area contributed by atoms with E-state index in [-0.39, 0.29) is 22.7 Å². The Balaban J connectivity index is 1.67. The molecule has 1 heterocycles. The molecule has 3 amide bonds. The maximum absolute atomic E-state index is 13.4. The van der Waals surface area contributed by atoms with Crippen LogP contribution in [-0.4, -0.2) is 45.0 Å². The predicted octanol–water partition coefficient (Wildman–Crippen LogP) is 3.91. The van der Waals surface area contributed by atoms with Crippen molar-refractivity contribution in [2.45, 2.75) is 26.2 Å². The molecule has 0 radical (unpaired) electrons. The summed E-state index contributed by atoms with van der Waals surface area (Å²) in [5.74, 6) is -2.99. The van der Waals surface area contributed by atoms with Gasteiger partial charge in [0.1, 0.15) is 6.54 Å². The van der Waals surface area contributed by atoms with Gasteiger partial charge in [0.15, 0.2) is 5.78 Å². The van der Waals surface area contributed by atoms with Crippen LogP contribution in [0.5, 0.6) is 0 Å². The van der Waals surface area contributed by atoms with E-state index in [2.05, 4.69) is 0 Å². The Bertz CT molecular complexity index is 1160. The highest BCUT2D eigenvalue weighted by Crippen LogP contribution is 2.41. The monoisotopic (exact) mass is 483 g/mol. The smallest absolute Gasteiger partial charge is 0.273 e. The fourth-order valence-corrected chi connectivity index (χ4v) is 4.71. The predicted molar refractivity (Wildman–Crippen MR) is 122 cm³/mol. The summed E-state index contributed by atoms with van der Waals surface area (Å²) in [5, 5.41) is 13.0. The first-order valence-corrected chi connectivity index (χ1v) is 11.3. The summed E-state index contributed by atoms with van der Waals surface area (Å²) in [5.41, 5.74) is 0.0862. The second-order valence-corrected chi connectivity index (χ2v) is 9.15. The van der Waals surface area contributed by atoms with Gasteiger partial charge in [-0.25, -0.2) is 5.01 Å². The molecule has 2 fully saturated rings. The molecule has 3 atom stereocenters. The molecule has 0 spiro atoms. The molecule has 1 aliphatic heterocycles. The maximum atomic E-state index is 13.4. The first kappa shape index (κ1) is 23.6. The lowest BCUT2D eigenvalue weighted by Gasteiger charge is -2.30. The third-order valence-electron chi connectivity index (χ3n) is 6.42. The summed E-state index contributed by atoms with van der Waals surface area (Å²) in [6.45, 7) is 1.44. The van der Waals surface area contributed by atoms with Gasteiger partial charge < -0.3 is 0 Å².